The second kappa shape index (κ2) is 6.95. The zero-order valence-electron chi connectivity index (χ0n) is 13.7. The molecule has 24 heavy (non-hydrogen) atoms. The molecule has 2 aliphatic heterocycles. The van der Waals surface area contributed by atoms with Gasteiger partial charge in [-0.3, -0.25) is 9.69 Å². The maximum atomic E-state index is 12.4. The van der Waals surface area contributed by atoms with Crippen molar-refractivity contribution in [3.8, 4) is 5.75 Å². The first-order valence-electron chi connectivity index (χ1n) is 8.54. The fraction of sp³-hybridized carbons (Fsp3) is 0.421. The van der Waals surface area contributed by atoms with Gasteiger partial charge in [0.2, 0.25) is 5.91 Å². The molecule has 4 nitrogen and oxygen atoms in total. The van der Waals surface area contributed by atoms with Crippen LogP contribution in [0.15, 0.2) is 35.0 Å². The zero-order chi connectivity index (χ0) is 16.4. The van der Waals surface area contributed by atoms with Gasteiger partial charge in [0, 0.05) is 39.1 Å². The SMILES string of the molecule is O=C(Cc1ccsc1)N1CCN(Cc2ccc3c(c2)CCO3)CC1. The van der Waals surface area contributed by atoms with Crippen LogP contribution in [-0.2, 0) is 24.2 Å². The molecular formula is C19H22N2O2S. The molecule has 0 aliphatic carbocycles. The average Bonchev–Trinajstić information content (AvgIpc) is 3.26. The van der Waals surface area contributed by atoms with Gasteiger partial charge in [-0.1, -0.05) is 12.1 Å². The highest BCUT2D eigenvalue weighted by Crippen LogP contribution is 2.26. The number of fused-ring (bicyclic) bond motifs is 1. The number of rotatable bonds is 4. The van der Waals surface area contributed by atoms with Crippen molar-refractivity contribution in [2.75, 3.05) is 32.8 Å². The molecule has 1 aromatic heterocycles. The molecular weight excluding hydrogens is 320 g/mol. The smallest absolute Gasteiger partial charge is 0.227 e. The third-order valence-corrected chi connectivity index (χ3v) is 5.55. The third kappa shape index (κ3) is 3.47. The lowest BCUT2D eigenvalue weighted by molar-refractivity contribution is -0.132. The number of thiophene rings is 1. The van der Waals surface area contributed by atoms with Gasteiger partial charge in [-0.05, 0) is 39.6 Å². The Balaban J connectivity index is 1.29. The molecule has 4 rings (SSSR count). The molecule has 0 spiro atoms. The minimum absolute atomic E-state index is 0.253. The van der Waals surface area contributed by atoms with E-state index in [1.807, 2.05) is 16.3 Å². The molecule has 0 N–H and O–H groups in total. The van der Waals surface area contributed by atoms with Gasteiger partial charge in [0.25, 0.3) is 0 Å². The fourth-order valence-corrected chi connectivity index (χ4v) is 4.10. The van der Waals surface area contributed by atoms with Crippen molar-refractivity contribution >= 4 is 17.2 Å². The van der Waals surface area contributed by atoms with Gasteiger partial charge >= 0.3 is 0 Å². The summed E-state index contributed by atoms with van der Waals surface area (Å²) in [5.41, 5.74) is 3.81. The molecule has 126 valence electrons. The molecule has 0 radical (unpaired) electrons. The number of carbonyl (C=O) groups excluding carboxylic acids is 1. The summed E-state index contributed by atoms with van der Waals surface area (Å²) in [5, 5.41) is 4.09. The number of piperazine rings is 1. The Morgan fingerprint density at radius 2 is 2.00 bits per heavy atom. The molecule has 1 amide bonds. The molecule has 2 aliphatic rings. The summed E-state index contributed by atoms with van der Waals surface area (Å²) in [4.78, 5) is 16.8. The molecule has 5 heteroatoms. The van der Waals surface area contributed by atoms with Crippen molar-refractivity contribution in [2.45, 2.75) is 19.4 Å². The van der Waals surface area contributed by atoms with Crippen molar-refractivity contribution in [1.29, 1.82) is 0 Å². The standard InChI is InChI=1S/C19H22N2O2S/c22-19(12-16-4-10-24-14-16)21-7-5-20(6-8-21)13-15-1-2-18-17(11-15)3-9-23-18/h1-2,4,10-11,14H,3,5-9,12-13H2. The highest BCUT2D eigenvalue weighted by atomic mass is 32.1. The van der Waals surface area contributed by atoms with Gasteiger partial charge in [-0.15, -0.1) is 0 Å². The van der Waals surface area contributed by atoms with Gasteiger partial charge in [0.05, 0.1) is 13.0 Å². The van der Waals surface area contributed by atoms with Gasteiger partial charge in [0.15, 0.2) is 0 Å². The van der Waals surface area contributed by atoms with Crippen LogP contribution in [0.5, 0.6) is 5.75 Å². The molecule has 3 heterocycles. The summed E-state index contributed by atoms with van der Waals surface area (Å²) in [7, 11) is 0. The monoisotopic (exact) mass is 342 g/mol. The van der Waals surface area contributed by atoms with Crippen molar-refractivity contribution in [3.05, 3.63) is 51.7 Å². The first kappa shape index (κ1) is 15.7. The largest absolute Gasteiger partial charge is 0.493 e. The summed E-state index contributed by atoms with van der Waals surface area (Å²) in [5.74, 6) is 1.30. The van der Waals surface area contributed by atoms with E-state index in [9.17, 15) is 4.79 Å². The van der Waals surface area contributed by atoms with Crippen molar-refractivity contribution in [3.63, 3.8) is 0 Å². The van der Waals surface area contributed by atoms with Crippen LogP contribution < -0.4 is 4.74 Å². The van der Waals surface area contributed by atoms with Crippen molar-refractivity contribution in [1.82, 2.24) is 9.80 Å². The Hall–Kier alpha value is -1.85. The average molecular weight is 342 g/mol. The van der Waals surface area contributed by atoms with E-state index in [0.29, 0.717) is 6.42 Å². The quantitative estimate of drug-likeness (QED) is 0.856. The minimum Gasteiger partial charge on any atom is -0.493 e. The highest BCUT2D eigenvalue weighted by molar-refractivity contribution is 7.08. The van der Waals surface area contributed by atoms with E-state index < -0.39 is 0 Å². The lowest BCUT2D eigenvalue weighted by Crippen LogP contribution is -2.48. The maximum absolute atomic E-state index is 12.4. The number of amides is 1. The molecule has 1 saturated heterocycles. The van der Waals surface area contributed by atoms with Gasteiger partial charge in [-0.2, -0.15) is 11.3 Å². The Labute approximate surface area is 146 Å². The minimum atomic E-state index is 0.253. The lowest BCUT2D eigenvalue weighted by Gasteiger charge is -2.34. The molecule has 0 saturated carbocycles. The Kier molecular flexibility index (Phi) is 4.54. The predicted molar refractivity (Wildman–Crippen MR) is 95.5 cm³/mol. The van der Waals surface area contributed by atoms with Crippen LogP contribution in [-0.4, -0.2) is 48.5 Å². The van der Waals surface area contributed by atoms with Gasteiger partial charge < -0.3 is 9.64 Å². The lowest BCUT2D eigenvalue weighted by atomic mass is 10.1. The van der Waals surface area contributed by atoms with Crippen molar-refractivity contribution in [2.24, 2.45) is 0 Å². The first-order chi connectivity index (χ1) is 11.8. The highest BCUT2D eigenvalue weighted by Gasteiger charge is 2.22. The van der Waals surface area contributed by atoms with E-state index in [-0.39, 0.29) is 5.91 Å². The van der Waals surface area contributed by atoms with Crippen LogP contribution in [0.2, 0.25) is 0 Å². The molecule has 0 unspecified atom stereocenters. The molecule has 1 aromatic carbocycles. The van der Waals surface area contributed by atoms with Gasteiger partial charge in [0.1, 0.15) is 5.75 Å². The molecule has 0 bridgehead atoms. The third-order valence-electron chi connectivity index (χ3n) is 4.82. The summed E-state index contributed by atoms with van der Waals surface area (Å²) in [6.07, 6.45) is 1.56. The number of hydrogen-bond donors (Lipinski definition) is 0. The van der Waals surface area contributed by atoms with E-state index in [4.69, 9.17) is 4.74 Å². The molecule has 1 fully saturated rings. The summed E-state index contributed by atoms with van der Waals surface area (Å²) >= 11 is 1.65. The number of ether oxygens (including phenoxy) is 1. The first-order valence-corrected chi connectivity index (χ1v) is 9.48. The molecule has 2 aromatic rings. The Bertz CT molecular complexity index is 706. The van der Waals surface area contributed by atoms with Crippen molar-refractivity contribution < 1.29 is 9.53 Å². The van der Waals surface area contributed by atoms with E-state index >= 15 is 0 Å². The van der Waals surface area contributed by atoms with E-state index in [1.165, 1.54) is 11.1 Å². The van der Waals surface area contributed by atoms with Crippen LogP contribution >= 0.6 is 11.3 Å². The summed E-state index contributed by atoms with van der Waals surface area (Å²) in [6, 6.07) is 8.57. The van der Waals surface area contributed by atoms with Crippen LogP contribution in [0.25, 0.3) is 0 Å². The van der Waals surface area contributed by atoms with Crippen LogP contribution in [0.4, 0.5) is 0 Å². The normalized spacial score (nSPS) is 17.6. The number of benzene rings is 1. The second-order valence-corrected chi connectivity index (χ2v) is 7.29. The fourth-order valence-electron chi connectivity index (χ4n) is 3.43. The Morgan fingerprint density at radius 3 is 2.79 bits per heavy atom. The van der Waals surface area contributed by atoms with E-state index in [1.54, 1.807) is 11.3 Å². The Morgan fingerprint density at radius 1 is 1.12 bits per heavy atom. The van der Waals surface area contributed by atoms with Crippen LogP contribution in [0.3, 0.4) is 0 Å². The molecule has 0 atom stereocenters. The van der Waals surface area contributed by atoms with Gasteiger partial charge in [-0.25, -0.2) is 0 Å². The predicted octanol–water partition coefficient (Wildman–Crippen LogP) is 2.57. The zero-order valence-corrected chi connectivity index (χ0v) is 14.6. The maximum Gasteiger partial charge on any atom is 0.227 e. The van der Waals surface area contributed by atoms with E-state index in [2.05, 4.69) is 28.5 Å². The van der Waals surface area contributed by atoms with Crippen LogP contribution in [0, 0.1) is 0 Å². The number of nitrogens with zero attached hydrogens (tertiary/aromatic N) is 2. The second-order valence-electron chi connectivity index (χ2n) is 6.51. The summed E-state index contributed by atoms with van der Waals surface area (Å²) < 4.78 is 5.57. The summed E-state index contributed by atoms with van der Waals surface area (Å²) in [6.45, 7) is 5.32. The van der Waals surface area contributed by atoms with Crippen LogP contribution in [0.1, 0.15) is 16.7 Å². The number of hydrogen-bond acceptors (Lipinski definition) is 4. The topological polar surface area (TPSA) is 32.8 Å². The number of carbonyl (C=O) groups is 1. The van der Waals surface area contributed by atoms with E-state index in [0.717, 1.165) is 57.1 Å².